The Morgan fingerprint density at radius 3 is 1.53 bits per heavy atom. The maximum atomic E-state index is 11.3. The van der Waals surface area contributed by atoms with Crippen LogP contribution in [0.4, 0.5) is 0 Å². The average Bonchev–Trinajstić information content (AvgIpc) is 2.31. The number of aliphatic hydroxyl groups is 4. The van der Waals surface area contributed by atoms with E-state index in [0.717, 1.165) is 0 Å². The quantitative estimate of drug-likeness (QED) is 0.321. The number of imide groups is 1. The predicted molar refractivity (Wildman–Crippen MR) is 50.5 cm³/mol. The third-order valence-electron chi connectivity index (χ3n) is 1.74. The fraction of sp³-hybridized carbons (Fsp3) is 0.625. The fourth-order valence-electron chi connectivity index (χ4n) is 0.916. The van der Waals surface area contributed by atoms with E-state index in [9.17, 15) is 14.4 Å². The Kier molecular flexibility index (Phi) is 6.28. The van der Waals surface area contributed by atoms with Crippen molar-refractivity contribution >= 4 is 17.8 Å². The molecule has 0 aliphatic rings. The Labute approximate surface area is 95.5 Å². The largest absolute Gasteiger partial charge is 0.480 e. The van der Waals surface area contributed by atoms with Gasteiger partial charge in [0.15, 0.2) is 12.2 Å². The summed E-state index contributed by atoms with van der Waals surface area (Å²) in [5.74, 6) is -4.29. The number of amides is 2. The monoisotopic (exact) mass is 251 g/mol. The van der Waals surface area contributed by atoms with Gasteiger partial charge in [-0.3, -0.25) is 19.3 Å². The smallest absolute Gasteiger partial charge is 0.323 e. The van der Waals surface area contributed by atoms with Crippen LogP contribution in [0, 0.1) is 0 Å². The molecule has 0 saturated heterocycles. The van der Waals surface area contributed by atoms with Crippen molar-refractivity contribution in [2.75, 3.05) is 19.8 Å². The SMILES string of the molecule is O=C(O)CN(C(=O)C(O)CO)C(=O)C(O)CO. The fourth-order valence-corrected chi connectivity index (χ4v) is 0.916. The summed E-state index contributed by atoms with van der Waals surface area (Å²) in [5, 5.41) is 43.4. The van der Waals surface area contributed by atoms with Crippen molar-refractivity contribution in [1.82, 2.24) is 4.90 Å². The Bertz CT molecular complexity index is 282. The zero-order valence-electron chi connectivity index (χ0n) is 8.68. The van der Waals surface area contributed by atoms with Gasteiger partial charge in [0.05, 0.1) is 13.2 Å². The second kappa shape index (κ2) is 6.91. The molecule has 0 aromatic carbocycles. The van der Waals surface area contributed by atoms with Crippen molar-refractivity contribution in [1.29, 1.82) is 0 Å². The zero-order valence-corrected chi connectivity index (χ0v) is 8.68. The number of carboxylic acid groups (broad SMARTS) is 1. The first-order valence-electron chi connectivity index (χ1n) is 4.50. The molecule has 0 heterocycles. The van der Waals surface area contributed by atoms with Gasteiger partial charge in [-0.15, -0.1) is 0 Å². The molecule has 9 heteroatoms. The minimum absolute atomic E-state index is 0.0457. The summed E-state index contributed by atoms with van der Waals surface area (Å²) in [6.07, 6.45) is -3.94. The van der Waals surface area contributed by atoms with E-state index < -0.39 is 49.8 Å². The molecule has 0 rings (SSSR count). The number of rotatable bonds is 6. The maximum absolute atomic E-state index is 11.3. The summed E-state index contributed by atoms with van der Waals surface area (Å²) in [6, 6.07) is 0. The Morgan fingerprint density at radius 2 is 1.29 bits per heavy atom. The molecule has 98 valence electrons. The molecular weight excluding hydrogens is 238 g/mol. The maximum Gasteiger partial charge on any atom is 0.323 e. The van der Waals surface area contributed by atoms with Crippen LogP contribution in [0.3, 0.4) is 0 Å². The predicted octanol–water partition coefficient (Wildman–Crippen LogP) is -3.87. The van der Waals surface area contributed by atoms with E-state index in [1.54, 1.807) is 0 Å². The number of carboxylic acids is 1. The van der Waals surface area contributed by atoms with Gasteiger partial charge >= 0.3 is 5.97 Å². The van der Waals surface area contributed by atoms with Gasteiger partial charge in [0.25, 0.3) is 11.8 Å². The Balaban J connectivity index is 4.93. The molecule has 0 bridgehead atoms. The van der Waals surface area contributed by atoms with Crippen LogP contribution in [-0.4, -0.2) is 80.2 Å². The summed E-state index contributed by atoms with van der Waals surface area (Å²) >= 11 is 0. The molecule has 0 aromatic heterocycles. The summed E-state index contributed by atoms with van der Waals surface area (Å²) < 4.78 is 0. The second-order valence-corrected chi connectivity index (χ2v) is 3.05. The number of hydrogen-bond donors (Lipinski definition) is 5. The zero-order chi connectivity index (χ0) is 13.6. The molecule has 2 unspecified atom stereocenters. The number of nitrogens with zero attached hydrogens (tertiary/aromatic N) is 1. The Morgan fingerprint density at radius 1 is 0.941 bits per heavy atom. The first-order chi connectivity index (χ1) is 7.84. The molecule has 5 N–H and O–H groups in total. The average molecular weight is 251 g/mol. The first-order valence-corrected chi connectivity index (χ1v) is 4.50. The summed E-state index contributed by atoms with van der Waals surface area (Å²) in [7, 11) is 0. The van der Waals surface area contributed by atoms with E-state index in [2.05, 4.69) is 0 Å². The highest BCUT2D eigenvalue weighted by molar-refractivity contribution is 6.01. The molecule has 0 aliphatic heterocycles. The topological polar surface area (TPSA) is 156 Å². The van der Waals surface area contributed by atoms with E-state index >= 15 is 0 Å². The van der Waals surface area contributed by atoms with E-state index in [1.165, 1.54) is 0 Å². The van der Waals surface area contributed by atoms with Gasteiger partial charge in [0.2, 0.25) is 0 Å². The molecule has 0 spiro atoms. The van der Waals surface area contributed by atoms with Crippen LogP contribution in [-0.2, 0) is 14.4 Å². The first kappa shape index (κ1) is 15.4. The minimum atomic E-state index is -1.97. The van der Waals surface area contributed by atoms with E-state index in [4.69, 9.17) is 25.5 Å². The van der Waals surface area contributed by atoms with E-state index in [-0.39, 0.29) is 4.90 Å². The molecule has 0 fully saturated rings. The van der Waals surface area contributed by atoms with Crippen LogP contribution in [0.5, 0.6) is 0 Å². The van der Waals surface area contributed by atoms with Gasteiger partial charge in [-0.2, -0.15) is 0 Å². The molecular formula is C8H13NO8. The van der Waals surface area contributed by atoms with Gasteiger partial charge < -0.3 is 25.5 Å². The molecule has 2 atom stereocenters. The summed E-state index contributed by atoms with van der Waals surface area (Å²) in [4.78, 5) is 33.1. The van der Waals surface area contributed by atoms with Crippen molar-refractivity contribution in [2.24, 2.45) is 0 Å². The van der Waals surface area contributed by atoms with Gasteiger partial charge in [-0.05, 0) is 0 Å². The highest BCUT2D eigenvalue weighted by Gasteiger charge is 2.32. The second-order valence-electron chi connectivity index (χ2n) is 3.05. The summed E-state index contributed by atoms with van der Waals surface area (Å²) in [6.45, 7) is -3.10. The highest BCUT2D eigenvalue weighted by Crippen LogP contribution is 2.00. The minimum Gasteiger partial charge on any atom is -0.480 e. The third-order valence-corrected chi connectivity index (χ3v) is 1.74. The van der Waals surface area contributed by atoms with Gasteiger partial charge in [-0.25, -0.2) is 0 Å². The standard InChI is InChI=1S/C8H13NO8/c10-2-4(12)7(16)9(1-6(14)15)8(17)5(13)3-11/h4-5,10-13H,1-3H2,(H,14,15). The van der Waals surface area contributed by atoms with E-state index in [0.29, 0.717) is 0 Å². The van der Waals surface area contributed by atoms with Crippen molar-refractivity contribution in [2.45, 2.75) is 12.2 Å². The molecule has 17 heavy (non-hydrogen) atoms. The van der Waals surface area contributed by atoms with Gasteiger partial charge in [0, 0.05) is 0 Å². The molecule has 9 nitrogen and oxygen atoms in total. The van der Waals surface area contributed by atoms with Crippen molar-refractivity contribution in [3.63, 3.8) is 0 Å². The number of aliphatic carboxylic acids is 1. The van der Waals surface area contributed by atoms with Crippen LogP contribution in [0.2, 0.25) is 0 Å². The van der Waals surface area contributed by atoms with Crippen LogP contribution in [0.1, 0.15) is 0 Å². The lowest BCUT2D eigenvalue weighted by Gasteiger charge is -2.22. The number of carbonyl (C=O) groups excluding carboxylic acids is 2. The molecule has 0 aromatic rings. The van der Waals surface area contributed by atoms with E-state index in [1.807, 2.05) is 0 Å². The lowest BCUT2D eigenvalue weighted by Crippen LogP contribution is -2.51. The molecule has 2 amide bonds. The molecule has 0 radical (unpaired) electrons. The number of aliphatic hydroxyl groups excluding tert-OH is 4. The lowest BCUT2D eigenvalue weighted by atomic mass is 10.2. The van der Waals surface area contributed by atoms with Crippen LogP contribution >= 0.6 is 0 Å². The van der Waals surface area contributed by atoms with Crippen molar-refractivity contribution < 1.29 is 39.9 Å². The van der Waals surface area contributed by atoms with Crippen molar-refractivity contribution in [3.8, 4) is 0 Å². The van der Waals surface area contributed by atoms with Crippen LogP contribution < -0.4 is 0 Å². The normalized spacial score (nSPS) is 13.9. The van der Waals surface area contributed by atoms with Gasteiger partial charge in [-0.1, -0.05) is 0 Å². The van der Waals surface area contributed by atoms with Crippen molar-refractivity contribution in [3.05, 3.63) is 0 Å². The highest BCUT2D eigenvalue weighted by atomic mass is 16.4. The van der Waals surface area contributed by atoms with Crippen LogP contribution in [0.25, 0.3) is 0 Å². The molecule has 0 saturated carbocycles. The molecule has 0 aliphatic carbocycles. The van der Waals surface area contributed by atoms with Crippen LogP contribution in [0.15, 0.2) is 0 Å². The van der Waals surface area contributed by atoms with Gasteiger partial charge in [0.1, 0.15) is 6.54 Å². The Hall–Kier alpha value is -1.55. The number of hydrogen-bond acceptors (Lipinski definition) is 7. The lowest BCUT2D eigenvalue weighted by molar-refractivity contribution is -0.162. The third kappa shape index (κ3) is 4.44. The number of carbonyl (C=O) groups is 3. The summed E-state index contributed by atoms with van der Waals surface area (Å²) in [5.41, 5.74) is 0.